The van der Waals surface area contributed by atoms with Gasteiger partial charge < -0.3 is 15.3 Å². The molecule has 0 aromatic carbocycles. The third kappa shape index (κ3) is 2.96. The maximum absolute atomic E-state index is 11.2. The van der Waals surface area contributed by atoms with Crippen molar-refractivity contribution in [2.45, 2.75) is 44.9 Å². The smallest absolute Gasteiger partial charge is 0.222 e. The number of aliphatic hydroxyl groups excluding tert-OH is 1. The van der Waals surface area contributed by atoms with E-state index in [0.717, 1.165) is 13.0 Å². The van der Waals surface area contributed by atoms with Crippen molar-refractivity contribution in [1.82, 2.24) is 10.2 Å². The molecule has 0 aromatic heterocycles. The van der Waals surface area contributed by atoms with E-state index in [1.807, 2.05) is 14.0 Å². The molecule has 0 saturated carbocycles. The minimum atomic E-state index is -0.349. The summed E-state index contributed by atoms with van der Waals surface area (Å²) >= 11 is 0. The molecule has 1 amide bonds. The van der Waals surface area contributed by atoms with Crippen molar-refractivity contribution >= 4 is 5.91 Å². The highest BCUT2D eigenvalue weighted by molar-refractivity contribution is 5.76. The Kier molecular flexibility index (Phi) is 3.89. The summed E-state index contributed by atoms with van der Waals surface area (Å²) in [4.78, 5) is 13.0. The molecule has 1 rings (SSSR count). The van der Waals surface area contributed by atoms with Gasteiger partial charge in [-0.15, -0.1) is 0 Å². The van der Waals surface area contributed by atoms with Gasteiger partial charge in [0.15, 0.2) is 0 Å². The Hall–Kier alpha value is -0.610. The molecule has 3 unspecified atom stereocenters. The van der Waals surface area contributed by atoms with Gasteiger partial charge in [0.1, 0.15) is 0 Å². The van der Waals surface area contributed by atoms with E-state index in [0.29, 0.717) is 12.5 Å². The highest BCUT2D eigenvalue weighted by Crippen LogP contribution is 2.10. The lowest BCUT2D eigenvalue weighted by Crippen LogP contribution is -2.51. The lowest BCUT2D eigenvalue weighted by molar-refractivity contribution is -0.132. The first kappa shape index (κ1) is 11.5. The van der Waals surface area contributed by atoms with Crippen LogP contribution >= 0.6 is 0 Å². The molecule has 4 heteroatoms. The third-order valence-corrected chi connectivity index (χ3v) is 2.85. The topological polar surface area (TPSA) is 52.6 Å². The molecule has 1 fully saturated rings. The fourth-order valence-corrected chi connectivity index (χ4v) is 1.66. The number of hydrogen-bond acceptors (Lipinski definition) is 3. The van der Waals surface area contributed by atoms with Crippen molar-refractivity contribution in [2.24, 2.45) is 0 Å². The number of rotatable bonds is 3. The van der Waals surface area contributed by atoms with Gasteiger partial charge in [0, 0.05) is 32.1 Å². The molecule has 1 aliphatic heterocycles. The second kappa shape index (κ2) is 4.75. The molecule has 4 nitrogen and oxygen atoms in total. The highest BCUT2D eigenvalue weighted by atomic mass is 16.3. The van der Waals surface area contributed by atoms with Gasteiger partial charge in [-0.05, 0) is 20.3 Å². The Balaban J connectivity index is 2.36. The van der Waals surface area contributed by atoms with Gasteiger partial charge in [0.2, 0.25) is 5.91 Å². The average Bonchev–Trinajstić information content (AvgIpc) is 2.11. The molecule has 0 aliphatic carbocycles. The molecule has 1 heterocycles. The minimum absolute atomic E-state index is 0.0848. The lowest BCUT2D eigenvalue weighted by atomic mass is 10.0. The molecular weight excluding hydrogens is 180 g/mol. The van der Waals surface area contributed by atoms with Gasteiger partial charge in [-0.2, -0.15) is 0 Å². The van der Waals surface area contributed by atoms with Crippen molar-refractivity contribution in [2.75, 3.05) is 13.6 Å². The Morgan fingerprint density at radius 1 is 1.57 bits per heavy atom. The second-order valence-electron chi connectivity index (χ2n) is 4.21. The third-order valence-electron chi connectivity index (χ3n) is 2.85. The number of likely N-dealkylation sites (tertiary alicyclic amines) is 1. The van der Waals surface area contributed by atoms with Crippen LogP contribution < -0.4 is 5.32 Å². The molecule has 0 spiro atoms. The summed E-state index contributed by atoms with van der Waals surface area (Å²) in [5, 5.41) is 12.7. The molecule has 0 radical (unpaired) electrons. The Labute approximate surface area is 85.3 Å². The number of amides is 1. The SMILES string of the molecule is CC(O)C(C)NC1CCC(=O)N(C)C1. The van der Waals surface area contributed by atoms with Gasteiger partial charge in [-0.25, -0.2) is 0 Å². The summed E-state index contributed by atoms with van der Waals surface area (Å²) in [5.41, 5.74) is 0. The first-order chi connectivity index (χ1) is 6.50. The zero-order valence-electron chi connectivity index (χ0n) is 9.16. The van der Waals surface area contributed by atoms with E-state index in [-0.39, 0.29) is 18.1 Å². The number of aliphatic hydroxyl groups is 1. The molecule has 2 N–H and O–H groups in total. The summed E-state index contributed by atoms with van der Waals surface area (Å²) < 4.78 is 0. The van der Waals surface area contributed by atoms with Gasteiger partial charge in [-0.1, -0.05) is 0 Å². The number of carbonyl (C=O) groups is 1. The predicted molar refractivity (Wildman–Crippen MR) is 54.9 cm³/mol. The lowest BCUT2D eigenvalue weighted by Gasteiger charge is -2.32. The van der Waals surface area contributed by atoms with Crippen LogP contribution in [0.1, 0.15) is 26.7 Å². The quantitative estimate of drug-likeness (QED) is 0.672. The van der Waals surface area contributed by atoms with Gasteiger partial charge in [-0.3, -0.25) is 4.79 Å². The Morgan fingerprint density at radius 2 is 2.21 bits per heavy atom. The van der Waals surface area contributed by atoms with Crippen LogP contribution in [0.3, 0.4) is 0 Å². The molecule has 1 saturated heterocycles. The molecule has 1 aliphatic rings. The highest BCUT2D eigenvalue weighted by Gasteiger charge is 2.24. The van der Waals surface area contributed by atoms with Crippen LogP contribution in [0.2, 0.25) is 0 Å². The number of carbonyl (C=O) groups excluding carboxylic acids is 1. The Bertz CT molecular complexity index is 206. The summed E-state index contributed by atoms with van der Waals surface area (Å²) in [6.07, 6.45) is 1.14. The summed E-state index contributed by atoms with van der Waals surface area (Å²) in [6, 6.07) is 0.406. The van der Waals surface area contributed by atoms with E-state index in [9.17, 15) is 9.90 Å². The summed E-state index contributed by atoms with van der Waals surface area (Å²) in [7, 11) is 1.82. The maximum Gasteiger partial charge on any atom is 0.222 e. The molecule has 14 heavy (non-hydrogen) atoms. The van der Waals surface area contributed by atoms with E-state index in [1.165, 1.54) is 0 Å². The van der Waals surface area contributed by atoms with Gasteiger partial charge in [0.05, 0.1) is 6.10 Å². The molecule has 0 bridgehead atoms. The van der Waals surface area contributed by atoms with Crippen molar-refractivity contribution in [1.29, 1.82) is 0 Å². The average molecular weight is 200 g/mol. The van der Waals surface area contributed by atoms with E-state index >= 15 is 0 Å². The van der Waals surface area contributed by atoms with Crippen LogP contribution in [0.4, 0.5) is 0 Å². The largest absolute Gasteiger partial charge is 0.392 e. The number of piperidine rings is 1. The first-order valence-corrected chi connectivity index (χ1v) is 5.18. The first-order valence-electron chi connectivity index (χ1n) is 5.18. The van der Waals surface area contributed by atoms with Crippen LogP contribution in [0.5, 0.6) is 0 Å². The standard InChI is InChI=1S/C10H20N2O2/c1-7(8(2)13)11-9-4-5-10(14)12(3)6-9/h7-9,11,13H,4-6H2,1-3H3. The number of nitrogens with zero attached hydrogens (tertiary/aromatic N) is 1. The summed E-state index contributed by atoms with van der Waals surface area (Å²) in [5.74, 6) is 0.216. The predicted octanol–water partition coefficient (Wildman–Crippen LogP) is -0.0339. The fourth-order valence-electron chi connectivity index (χ4n) is 1.66. The van der Waals surface area contributed by atoms with Crippen molar-refractivity contribution in [3.05, 3.63) is 0 Å². The van der Waals surface area contributed by atoms with Crippen molar-refractivity contribution < 1.29 is 9.90 Å². The van der Waals surface area contributed by atoms with E-state index in [1.54, 1.807) is 11.8 Å². The molecular formula is C10H20N2O2. The van der Waals surface area contributed by atoms with Crippen LogP contribution in [0.15, 0.2) is 0 Å². The van der Waals surface area contributed by atoms with Gasteiger partial charge >= 0.3 is 0 Å². The van der Waals surface area contributed by atoms with E-state index in [2.05, 4.69) is 5.32 Å². The van der Waals surface area contributed by atoms with E-state index in [4.69, 9.17) is 0 Å². The summed E-state index contributed by atoms with van der Waals surface area (Å²) in [6.45, 7) is 4.48. The van der Waals surface area contributed by atoms with Crippen LogP contribution in [-0.2, 0) is 4.79 Å². The monoisotopic (exact) mass is 200 g/mol. The zero-order valence-corrected chi connectivity index (χ0v) is 9.16. The number of likely N-dealkylation sites (N-methyl/N-ethyl adjacent to an activating group) is 1. The zero-order chi connectivity index (χ0) is 10.7. The normalized spacial score (nSPS) is 27.6. The Morgan fingerprint density at radius 3 is 2.71 bits per heavy atom. The van der Waals surface area contributed by atoms with Crippen LogP contribution in [0, 0.1) is 0 Å². The van der Waals surface area contributed by atoms with Crippen molar-refractivity contribution in [3.8, 4) is 0 Å². The van der Waals surface area contributed by atoms with E-state index < -0.39 is 0 Å². The number of nitrogens with one attached hydrogen (secondary N) is 1. The molecule has 0 aromatic rings. The molecule has 82 valence electrons. The number of hydrogen-bond donors (Lipinski definition) is 2. The minimum Gasteiger partial charge on any atom is -0.392 e. The van der Waals surface area contributed by atoms with Crippen molar-refractivity contribution in [3.63, 3.8) is 0 Å². The van der Waals surface area contributed by atoms with Crippen LogP contribution in [-0.4, -0.2) is 47.7 Å². The van der Waals surface area contributed by atoms with Crippen LogP contribution in [0.25, 0.3) is 0 Å². The van der Waals surface area contributed by atoms with Gasteiger partial charge in [0.25, 0.3) is 0 Å². The molecule has 3 atom stereocenters. The maximum atomic E-state index is 11.2. The fraction of sp³-hybridized carbons (Fsp3) is 0.900. The second-order valence-corrected chi connectivity index (χ2v) is 4.21.